The van der Waals surface area contributed by atoms with Crippen LogP contribution in [-0.4, -0.2) is 23.9 Å². The number of piperazine rings is 1. The summed E-state index contributed by atoms with van der Waals surface area (Å²) in [6, 6.07) is 4.33. The molecule has 1 aliphatic rings. The van der Waals surface area contributed by atoms with E-state index in [4.69, 9.17) is 11.6 Å². The zero-order chi connectivity index (χ0) is 14.9. The van der Waals surface area contributed by atoms with Crippen LogP contribution in [-0.2, 0) is 9.59 Å². The van der Waals surface area contributed by atoms with Crippen molar-refractivity contribution in [1.29, 1.82) is 0 Å². The molecule has 2 rings (SSSR count). The van der Waals surface area contributed by atoms with Crippen LogP contribution in [0.15, 0.2) is 22.7 Å². The van der Waals surface area contributed by atoms with Crippen LogP contribution in [0.3, 0.4) is 0 Å². The highest BCUT2D eigenvalue weighted by atomic mass is 79.9. The molecule has 1 aromatic rings. The first-order valence-electron chi connectivity index (χ1n) is 6.58. The Balaban J connectivity index is 2.44. The third-order valence-electron chi connectivity index (χ3n) is 3.44. The van der Waals surface area contributed by atoms with Crippen LogP contribution in [0.5, 0.6) is 0 Å². The summed E-state index contributed by atoms with van der Waals surface area (Å²) >= 11 is 9.42. The van der Waals surface area contributed by atoms with Gasteiger partial charge in [-0.2, -0.15) is 0 Å². The highest BCUT2D eigenvalue weighted by molar-refractivity contribution is 9.10. The molecule has 1 aromatic carbocycles. The van der Waals surface area contributed by atoms with E-state index in [1.165, 1.54) is 0 Å². The van der Waals surface area contributed by atoms with Gasteiger partial charge in [-0.1, -0.05) is 25.4 Å². The number of nitrogens with one attached hydrogen (secondary N) is 1. The highest BCUT2D eigenvalue weighted by Crippen LogP contribution is 2.30. The van der Waals surface area contributed by atoms with Crippen LogP contribution >= 0.6 is 27.5 Å². The van der Waals surface area contributed by atoms with Gasteiger partial charge in [0.1, 0.15) is 12.1 Å². The van der Waals surface area contributed by atoms with Crippen molar-refractivity contribution in [3.8, 4) is 0 Å². The first-order chi connectivity index (χ1) is 9.49. The Labute approximate surface area is 131 Å². The number of amides is 2. The summed E-state index contributed by atoms with van der Waals surface area (Å²) in [6.45, 7) is 3.76. The van der Waals surface area contributed by atoms with Gasteiger partial charge in [0, 0.05) is 10.2 Å². The fraction of sp³-hybridized carbons (Fsp3) is 0.429. The normalized spacial score (nSPS) is 22.9. The van der Waals surface area contributed by atoms with Gasteiger partial charge in [0.05, 0.1) is 5.02 Å². The maximum absolute atomic E-state index is 12.5. The first kappa shape index (κ1) is 15.3. The van der Waals surface area contributed by atoms with E-state index in [0.29, 0.717) is 23.6 Å². The van der Waals surface area contributed by atoms with Crippen molar-refractivity contribution in [3.63, 3.8) is 0 Å². The molecule has 20 heavy (non-hydrogen) atoms. The molecule has 4 nitrogen and oxygen atoms in total. The Kier molecular flexibility index (Phi) is 4.70. The molecule has 2 atom stereocenters. The van der Waals surface area contributed by atoms with Gasteiger partial charge in [-0.25, -0.2) is 0 Å². The Hall–Kier alpha value is -1.07. The van der Waals surface area contributed by atoms with Crippen molar-refractivity contribution < 1.29 is 9.59 Å². The second-order valence-electron chi connectivity index (χ2n) is 4.70. The number of nitrogens with zero attached hydrogens (tertiary/aromatic N) is 1. The smallest absolute Gasteiger partial charge is 0.250 e. The average molecular weight is 360 g/mol. The zero-order valence-electron chi connectivity index (χ0n) is 11.3. The van der Waals surface area contributed by atoms with Crippen LogP contribution in [0, 0.1) is 0 Å². The standard InChI is InChI=1S/C14H16BrClN2O2/c1-3-11-14(20)18(12(4-2)13(19)17-11)8-5-6-9(15)10(16)7-8/h5-7,11-12H,3-4H2,1-2H3,(H,17,19). The molecule has 0 radical (unpaired) electrons. The average Bonchev–Trinajstić information content (AvgIpc) is 2.43. The lowest BCUT2D eigenvalue weighted by Crippen LogP contribution is -2.63. The Morgan fingerprint density at radius 1 is 1.30 bits per heavy atom. The molecule has 6 heteroatoms. The van der Waals surface area contributed by atoms with Crippen LogP contribution in [0.25, 0.3) is 0 Å². The summed E-state index contributed by atoms with van der Waals surface area (Å²) < 4.78 is 0.761. The van der Waals surface area contributed by atoms with Crippen molar-refractivity contribution in [1.82, 2.24) is 5.32 Å². The van der Waals surface area contributed by atoms with Crippen molar-refractivity contribution in [2.75, 3.05) is 4.90 Å². The maximum Gasteiger partial charge on any atom is 0.250 e. The van der Waals surface area contributed by atoms with E-state index in [1.807, 2.05) is 13.8 Å². The molecule has 0 bridgehead atoms. The van der Waals surface area contributed by atoms with Crippen LogP contribution in [0.2, 0.25) is 5.02 Å². The van der Waals surface area contributed by atoms with Crippen LogP contribution in [0.4, 0.5) is 5.69 Å². The minimum Gasteiger partial charge on any atom is -0.342 e. The van der Waals surface area contributed by atoms with Crippen molar-refractivity contribution in [2.24, 2.45) is 0 Å². The second kappa shape index (κ2) is 6.14. The molecule has 1 N–H and O–H groups in total. The predicted octanol–water partition coefficient (Wildman–Crippen LogP) is 3.12. The van der Waals surface area contributed by atoms with E-state index in [-0.39, 0.29) is 11.8 Å². The summed E-state index contributed by atoms with van der Waals surface area (Å²) in [5, 5.41) is 3.29. The van der Waals surface area contributed by atoms with Gasteiger partial charge < -0.3 is 5.32 Å². The van der Waals surface area contributed by atoms with Crippen molar-refractivity contribution >= 4 is 45.0 Å². The molecule has 2 unspecified atom stereocenters. The van der Waals surface area contributed by atoms with Gasteiger partial charge in [0.25, 0.3) is 0 Å². The lowest BCUT2D eigenvalue weighted by molar-refractivity contribution is -0.134. The number of benzene rings is 1. The number of carbonyl (C=O) groups excluding carboxylic acids is 2. The number of halogens is 2. The van der Waals surface area contributed by atoms with E-state index in [2.05, 4.69) is 21.2 Å². The van der Waals surface area contributed by atoms with Gasteiger partial charge >= 0.3 is 0 Å². The Morgan fingerprint density at radius 3 is 2.55 bits per heavy atom. The van der Waals surface area contributed by atoms with Gasteiger partial charge in [0.2, 0.25) is 11.8 Å². The SMILES string of the molecule is CCC1NC(=O)C(CC)N(c2ccc(Br)c(Cl)c2)C1=O. The molecule has 108 valence electrons. The van der Waals surface area contributed by atoms with E-state index in [1.54, 1.807) is 23.1 Å². The van der Waals surface area contributed by atoms with Crippen LogP contribution < -0.4 is 10.2 Å². The minimum absolute atomic E-state index is 0.0858. The zero-order valence-corrected chi connectivity index (χ0v) is 13.7. The second-order valence-corrected chi connectivity index (χ2v) is 5.96. The third kappa shape index (κ3) is 2.69. The molecule has 0 aromatic heterocycles. The summed E-state index contributed by atoms with van der Waals surface area (Å²) in [7, 11) is 0. The summed E-state index contributed by atoms with van der Waals surface area (Å²) in [5.74, 6) is -0.199. The molecule has 0 saturated carbocycles. The molecule has 0 spiro atoms. The van der Waals surface area contributed by atoms with Gasteiger partial charge in [-0.05, 0) is 47.0 Å². The van der Waals surface area contributed by atoms with E-state index in [0.717, 1.165) is 4.47 Å². The topological polar surface area (TPSA) is 49.4 Å². The van der Waals surface area contributed by atoms with Crippen molar-refractivity contribution in [3.05, 3.63) is 27.7 Å². The molecular formula is C14H16BrClN2O2. The van der Waals surface area contributed by atoms with Gasteiger partial charge in [-0.15, -0.1) is 0 Å². The largest absolute Gasteiger partial charge is 0.342 e. The minimum atomic E-state index is -0.484. The summed E-state index contributed by atoms with van der Waals surface area (Å²) in [5.41, 5.74) is 0.656. The Bertz CT molecular complexity index is 550. The number of hydrogen-bond donors (Lipinski definition) is 1. The molecule has 1 saturated heterocycles. The highest BCUT2D eigenvalue weighted by Gasteiger charge is 2.39. The lowest BCUT2D eigenvalue weighted by atomic mass is 10.0. The van der Waals surface area contributed by atoms with Crippen molar-refractivity contribution in [2.45, 2.75) is 38.8 Å². The molecular weight excluding hydrogens is 344 g/mol. The summed E-state index contributed by atoms with van der Waals surface area (Å²) in [6.07, 6.45) is 1.13. The molecule has 1 heterocycles. The van der Waals surface area contributed by atoms with E-state index < -0.39 is 12.1 Å². The van der Waals surface area contributed by atoms with E-state index in [9.17, 15) is 9.59 Å². The fourth-order valence-electron chi connectivity index (χ4n) is 2.36. The fourth-order valence-corrected chi connectivity index (χ4v) is 2.78. The number of anilines is 1. The molecule has 1 aliphatic heterocycles. The lowest BCUT2D eigenvalue weighted by Gasteiger charge is -2.38. The molecule has 0 aliphatic carbocycles. The van der Waals surface area contributed by atoms with E-state index >= 15 is 0 Å². The third-order valence-corrected chi connectivity index (χ3v) is 4.68. The molecule has 1 fully saturated rings. The van der Waals surface area contributed by atoms with Crippen LogP contribution in [0.1, 0.15) is 26.7 Å². The maximum atomic E-state index is 12.5. The number of hydrogen-bond acceptors (Lipinski definition) is 2. The monoisotopic (exact) mass is 358 g/mol. The number of carbonyl (C=O) groups is 2. The van der Waals surface area contributed by atoms with Gasteiger partial charge in [-0.3, -0.25) is 14.5 Å². The quantitative estimate of drug-likeness (QED) is 0.901. The summed E-state index contributed by atoms with van der Waals surface area (Å²) in [4.78, 5) is 26.2. The first-order valence-corrected chi connectivity index (χ1v) is 7.75. The van der Waals surface area contributed by atoms with Gasteiger partial charge in [0.15, 0.2) is 0 Å². The Morgan fingerprint density at radius 2 is 2.00 bits per heavy atom. The molecule has 2 amide bonds. The number of rotatable bonds is 3. The predicted molar refractivity (Wildman–Crippen MR) is 82.9 cm³/mol.